The highest BCUT2D eigenvalue weighted by Gasteiger charge is 2.31. The van der Waals surface area contributed by atoms with Gasteiger partial charge in [0.15, 0.2) is 0 Å². The molecule has 7 nitrogen and oxygen atoms in total. The Labute approximate surface area is 185 Å². The first-order chi connectivity index (χ1) is 15.0. The molecule has 2 fully saturated rings. The van der Waals surface area contributed by atoms with Gasteiger partial charge in [0.05, 0.1) is 28.9 Å². The number of carbonyl (C=O) groups is 1. The van der Waals surface area contributed by atoms with E-state index in [1.807, 2.05) is 13.8 Å². The monoisotopic (exact) mass is 440 g/mol. The minimum atomic E-state index is -0.0520. The van der Waals surface area contributed by atoms with Crippen molar-refractivity contribution in [3.63, 3.8) is 0 Å². The van der Waals surface area contributed by atoms with Crippen molar-refractivity contribution in [3.8, 4) is 11.1 Å². The molecule has 1 saturated heterocycles. The zero-order chi connectivity index (χ0) is 21.5. The number of methoxy groups -OCH3 is 1. The first-order valence-electron chi connectivity index (χ1n) is 11.0. The highest BCUT2D eigenvalue weighted by atomic mass is 32.2. The maximum absolute atomic E-state index is 12.1. The van der Waals surface area contributed by atoms with Gasteiger partial charge in [-0.1, -0.05) is 23.0 Å². The maximum atomic E-state index is 12.1. The standard InChI is InChI=1S/C23H28N4O3S/c1-13-21(14(2)30-26-13)15-4-9-20-19(12-15)24-22(18-10-11-31-23(28)25-18)27(20)16-5-7-17(29-3)8-6-16/h4,9,12,16-18H,5-8,10-11H2,1-3H3,(H,25,28)/t16?,17?,18-/m0/s1. The number of ether oxygens (including phenoxy) is 1. The third-order valence-electron chi connectivity index (χ3n) is 6.62. The molecule has 0 bridgehead atoms. The van der Waals surface area contributed by atoms with E-state index in [0.29, 0.717) is 12.1 Å². The number of rotatable bonds is 4. The van der Waals surface area contributed by atoms with Gasteiger partial charge in [-0.05, 0) is 63.6 Å². The molecule has 1 atom stereocenters. The van der Waals surface area contributed by atoms with Crippen LogP contribution < -0.4 is 5.32 Å². The summed E-state index contributed by atoms with van der Waals surface area (Å²) >= 11 is 1.35. The molecule has 31 heavy (non-hydrogen) atoms. The van der Waals surface area contributed by atoms with Crippen LogP contribution in [0, 0.1) is 13.8 Å². The third kappa shape index (κ3) is 3.76. The van der Waals surface area contributed by atoms with Crippen molar-refractivity contribution in [2.75, 3.05) is 12.9 Å². The van der Waals surface area contributed by atoms with Gasteiger partial charge in [0, 0.05) is 24.5 Å². The van der Waals surface area contributed by atoms with Gasteiger partial charge in [0.2, 0.25) is 0 Å². The Balaban J connectivity index is 1.60. The van der Waals surface area contributed by atoms with Gasteiger partial charge in [-0.2, -0.15) is 0 Å². The lowest BCUT2D eigenvalue weighted by atomic mass is 9.92. The van der Waals surface area contributed by atoms with Crippen molar-refractivity contribution < 1.29 is 14.1 Å². The summed E-state index contributed by atoms with van der Waals surface area (Å²) in [5.74, 6) is 2.60. The van der Waals surface area contributed by atoms with Gasteiger partial charge >= 0.3 is 0 Å². The minimum absolute atomic E-state index is 0.0364. The number of aryl methyl sites for hydroxylation is 2. The summed E-state index contributed by atoms with van der Waals surface area (Å²) in [7, 11) is 1.80. The Bertz CT molecular complexity index is 1090. The van der Waals surface area contributed by atoms with Gasteiger partial charge in [-0.3, -0.25) is 4.79 Å². The Kier molecular flexibility index (Phi) is 5.52. The average Bonchev–Trinajstić information content (AvgIpc) is 3.33. The number of thioether (sulfide) groups is 1. The molecule has 1 amide bonds. The molecule has 1 saturated carbocycles. The van der Waals surface area contributed by atoms with Gasteiger partial charge < -0.3 is 19.1 Å². The summed E-state index contributed by atoms with van der Waals surface area (Å²) < 4.78 is 13.3. The summed E-state index contributed by atoms with van der Waals surface area (Å²) in [5.41, 5.74) is 5.05. The van der Waals surface area contributed by atoms with Crippen LogP contribution in [0.2, 0.25) is 0 Å². The second-order valence-corrected chi connectivity index (χ2v) is 9.60. The van der Waals surface area contributed by atoms with Gasteiger partial charge in [0.25, 0.3) is 5.24 Å². The number of nitrogens with one attached hydrogen (secondary N) is 1. The Hall–Kier alpha value is -2.32. The predicted molar refractivity (Wildman–Crippen MR) is 121 cm³/mol. The average molecular weight is 441 g/mol. The first-order valence-corrected chi connectivity index (χ1v) is 11.9. The summed E-state index contributed by atoms with van der Waals surface area (Å²) in [6.45, 7) is 3.90. The lowest BCUT2D eigenvalue weighted by Crippen LogP contribution is -2.33. The van der Waals surface area contributed by atoms with E-state index in [9.17, 15) is 4.79 Å². The number of benzene rings is 1. The van der Waals surface area contributed by atoms with Gasteiger partial charge in [0.1, 0.15) is 11.6 Å². The molecule has 0 unspecified atom stereocenters. The van der Waals surface area contributed by atoms with Crippen LogP contribution in [0.25, 0.3) is 22.2 Å². The molecular formula is C23H28N4O3S. The molecule has 3 aromatic rings. The van der Waals surface area contributed by atoms with Crippen molar-refractivity contribution in [1.82, 2.24) is 20.0 Å². The molecule has 2 aliphatic rings. The predicted octanol–water partition coefficient (Wildman–Crippen LogP) is 5.33. The fraction of sp³-hybridized carbons (Fsp3) is 0.522. The molecular weight excluding hydrogens is 412 g/mol. The van der Waals surface area contributed by atoms with Crippen LogP contribution in [0.1, 0.15) is 61.5 Å². The Morgan fingerprint density at radius 3 is 2.68 bits per heavy atom. The largest absolute Gasteiger partial charge is 0.381 e. The Morgan fingerprint density at radius 1 is 1.19 bits per heavy atom. The zero-order valence-electron chi connectivity index (χ0n) is 18.2. The summed E-state index contributed by atoms with van der Waals surface area (Å²) in [4.78, 5) is 17.2. The number of hydrogen-bond acceptors (Lipinski definition) is 6. The minimum Gasteiger partial charge on any atom is -0.381 e. The smallest absolute Gasteiger partial charge is 0.279 e. The zero-order valence-corrected chi connectivity index (χ0v) is 19.0. The number of fused-ring (bicyclic) bond motifs is 1. The van der Waals surface area contributed by atoms with Crippen LogP contribution in [0.3, 0.4) is 0 Å². The van der Waals surface area contributed by atoms with E-state index in [1.165, 1.54) is 11.8 Å². The van der Waals surface area contributed by atoms with E-state index in [2.05, 4.69) is 33.2 Å². The molecule has 2 aromatic heterocycles. The molecule has 3 heterocycles. The fourth-order valence-electron chi connectivity index (χ4n) is 5.06. The van der Waals surface area contributed by atoms with Crippen molar-refractivity contribution in [2.24, 2.45) is 0 Å². The van der Waals surface area contributed by atoms with E-state index < -0.39 is 0 Å². The van der Waals surface area contributed by atoms with Crippen molar-refractivity contribution in [1.29, 1.82) is 0 Å². The van der Waals surface area contributed by atoms with E-state index in [4.69, 9.17) is 14.2 Å². The fourth-order valence-corrected chi connectivity index (χ4v) is 5.82. The van der Waals surface area contributed by atoms with Crippen LogP contribution in [0.15, 0.2) is 22.7 Å². The highest BCUT2D eigenvalue weighted by Crippen LogP contribution is 2.38. The molecule has 1 aromatic carbocycles. The maximum Gasteiger partial charge on any atom is 0.279 e. The number of carbonyl (C=O) groups excluding carboxylic acids is 1. The van der Waals surface area contributed by atoms with E-state index in [-0.39, 0.29) is 11.3 Å². The molecule has 8 heteroatoms. The lowest BCUT2D eigenvalue weighted by Gasteiger charge is -2.32. The van der Waals surface area contributed by atoms with E-state index in [0.717, 1.165) is 77.3 Å². The van der Waals surface area contributed by atoms with E-state index >= 15 is 0 Å². The normalized spacial score (nSPS) is 24.5. The van der Waals surface area contributed by atoms with Crippen LogP contribution in [-0.2, 0) is 4.74 Å². The molecule has 0 radical (unpaired) electrons. The number of hydrogen-bond donors (Lipinski definition) is 1. The van der Waals surface area contributed by atoms with Crippen LogP contribution in [0.4, 0.5) is 4.79 Å². The quantitative estimate of drug-likeness (QED) is 0.591. The van der Waals surface area contributed by atoms with Gasteiger partial charge in [-0.25, -0.2) is 4.98 Å². The molecule has 5 rings (SSSR count). The van der Waals surface area contributed by atoms with Crippen LogP contribution >= 0.6 is 11.8 Å². The lowest BCUT2D eigenvalue weighted by molar-refractivity contribution is 0.0584. The van der Waals surface area contributed by atoms with E-state index in [1.54, 1.807) is 7.11 Å². The Morgan fingerprint density at radius 2 is 2.00 bits per heavy atom. The van der Waals surface area contributed by atoms with Crippen LogP contribution in [0.5, 0.6) is 0 Å². The molecule has 1 aliphatic heterocycles. The SMILES string of the molecule is COC1CCC(n2c([C@@H]3CCSC(=O)N3)nc3cc(-c4c(C)noc4C)ccc32)CC1. The summed E-state index contributed by atoms with van der Waals surface area (Å²) in [5, 5.41) is 7.28. The third-order valence-corrected chi connectivity index (χ3v) is 7.44. The number of imidazole rings is 1. The number of nitrogens with zero attached hydrogens (tertiary/aromatic N) is 3. The topological polar surface area (TPSA) is 82.2 Å². The van der Waals surface area contributed by atoms with Crippen molar-refractivity contribution >= 4 is 28.0 Å². The van der Waals surface area contributed by atoms with Crippen molar-refractivity contribution in [3.05, 3.63) is 35.5 Å². The molecule has 1 N–H and O–H groups in total. The van der Waals surface area contributed by atoms with Crippen LogP contribution in [-0.4, -0.2) is 38.9 Å². The number of aromatic nitrogens is 3. The second kappa shape index (κ2) is 8.31. The second-order valence-electron chi connectivity index (χ2n) is 8.53. The molecule has 0 spiro atoms. The van der Waals surface area contributed by atoms with Crippen molar-refractivity contribution in [2.45, 2.75) is 64.1 Å². The first kappa shape index (κ1) is 20.6. The van der Waals surface area contributed by atoms with Gasteiger partial charge in [-0.15, -0.1) is 0 Å². The molecule has 164 valence electrons. The summed E-state index contributed by atoms with van der Waals surface area (Å²) in [6, 6.07) is 6.73. The number of amides is 1. The molecule has 1 aliphatic carbocycles. The summed E-state index contributed by atoms with van der Waals surface area (Å²) in [6.07, 6.45) is 5.43. The highest BCUT2D eigenvalue weighted by molar-refractivity contribution is 8.13.